The zero-order valence-corrected chi connectivity index (χ0v) is 11.6. The van der Waals surface area contributed by atoms with Crippen LogP contribution in [-0.4, -0.2) is 22.5 Å². The number of aromatic nitrogens is 2. The van der Waals surface area contributed by atoms with Crippen molar-refractivity contribution in [2.24, 2.45) is 0 Å². The summed E-state index contributed by atoms with van der Waals surface area (Å²) in [5.41, 5.74) is 0.980. The number of hydrogen-bond acceptors (Lipinski definition) is 5. The van der Waals surface area contributed by atoms with Gasteiger partial charge in [-0.05, 0) is 18.1 Å². The molecule has 0 unspecified atom stereocenters. The molecule has 19 heavy (non-hydrogen) atoms. The maximum atomic E-state index is 11.7. The highest BCUT2D eigenvalue weighted by Crippen LogP contribution is 2.21. The summed E-state index contributed by atoms with van der Waals surface area (Å²) in [5, 5.41) is 5.26. The summed E-state index contributed by atoms with van der Waals surface area (Å²) in [6.45, 7) is 4.07. The summed E-state index contributed by atoms with van der Waals surface area (Å²) >= 11 is 1.42. The van der Waals surface area contributed by atoms with Gasteiger partial charge in [0.2, 0.25) is 0 Å². The number of pyridine rings is 1. The molecule has 0 saturated carbocycles. The minimum absolute atomic E-state index is 0.0533. The minimum atomic E-state index is -0.228. The van der Waals surface area contributed by atoms with E-state index < -0.39 is 0 Å². The fourth-order valence-electron chi connectivity index (χ4n) is 1.35. The largest absolute Gasteiger partial charge is 0.482 e. The molecule has 0 radical (unpaired) electrons. The molecule has 100 valence electrons. The maximum absolute atomic E-state index is 11.7. The molecule has 2 aromatic heterocycles. The van der Waals surface area contributed by atoms with E-state index in [9.17, 15) is 4.79 Å². The Morgan fingerprint density at radius 2 is 2.37 bits per heavy atom. The summed E-state index contributed by atoms with van der Waals surface area (Å²) in [5.74, 6) is 0.696. The first-order valence-electron chi connectivity index (χ1n) is 5.93. The third kappa shape index (κ3) is 4.03. The van der Waals surface area contributed by atoms with E-state index in [-0.39, 0.29) is 12.5 Å². The molecule has 2 aromatic rings. The average Bonchev–Trinajstić information content (AvgIpc) is 2.86. The number of anilines is 1. The molecule has 0 aromatic carbocycles. The fourth-order valence-corrected chi connectivity index (χ4v) is 2.23. The number of hydrogen-bond donors (Lipinski definition) is 1. The molecule has 0 aliphatic carbocycles. The van der Waals surface area contributed by atoms with Crippen LogP contribution in [0.4, 0.5) is 5.13 Å². The Kier molecular flexibility index (Phi) is 4.46. The Morgan fingerprint density at radius 3 is 3.00 bits per heavy atom. The van der Waals surface area contributed by atoms with Gasteiger partial charge in [-0.1, -0.05) is 13.8 Å². The Morgan fingerprint density at radius 1 is 1.53 bits per heavy atom. The third-order valence-corrected chi connectivity index (χ3v) is 3.14. The molecule has 0 aliphatic heterocycles. The van der Waals surface area contributed by atoms with E-state index in [1.165, 1.54) is 11.3 Å². The molecule has 0 atom stereocenters. The van der Waals surface area contributed by atoms with Gasteiger partial charge in [-0.15, -0.1) is 11.3 Å². The van der Waals surface area contributed by atoms with E-state index in [0.29, 0.717) is 16.8 Å². The van der Waals surface area contributed by atoms with Crippen LogP contribution in [0.25, 0.3) is 0 Å². The summed E-state index contributed by atoms with van der Waals surface area (Å²) in [4.78, 5) is 19.9. The highest BCUT2D eigenvalue weighted by molar-refractivity contribution is 7.13. The van der Waals surface area contributed by atoms with Crippen molar-refractivity contribution in [3.05, 3.63) is 35.6 Å². The lowest BCUT2D eigenvalue weighted by Gasteiger charge is -2.04. The van der Waals surface area contributed by atoms with E-state index in [1.807, 2.05) is 5.38 Å². The lowest BCUT2D eigenvalue weighted by Crippen LogP contribution is -2.20. The number of thiazole rings is 1. The van der Waals surface area contributed by atoms with Gasteiger partial charge in [0.25, 0.3) is 5.91 Å². The van der Waals surface area contributed by atoms with Crippen LogP contribution in [0.5, 0.6) is 5.75 Å². The van der Waals surface area contributed by atoms with Gasteiger partial charge in [0, 0.05) is 11.6 Å². The van der Waals surface area contributed by atoms with Crippen molar-refractivity contribution in [3.8, 4) is 5.75 Å². The topological polar surface area (TPSA) is 64.1 Å². The second-order valence-electron chi connectivity index (χ2n) is 4.26. The predicted molar refractivity (Wildman–Crippen MR) is 74.6 cm³/mol. The molecule has 0 saturated heterocycles. The molecule has 0 fully saturated rings. The second kappa shape index (κ2) is 6.29. The first-order valence-corrected chi connectivity index (χ1v) is 6.81. The van der Waals surface area contributed by atoms with Crippen LogP contribution in [0.1, 0.15) is 25.5 Å². The average molecular weight is 277 g/mol. The molecule has 2 rings (SSSR count). The Bertz CT molecular complexity index is 540. The van der Waals surface area contributed by atoms with Gasteiger partial charge in [-0.2, -0.15) is 0 Å². The van der Waals surface area contributed by atoms with Gasteiger partial charge in [-0.3, -0.25) is 15.1 Å². The monoisotopic (exact) mass is 277 g/mol. The van der Waals surface area contributed by atoms with Gasteiger partial charge < -0.3 is 4.74 Å². The second-order valence-corrected chi connectivity index (χ2v) is 5.12. The zero-order chi connectivity index (χ0) is 13.7. The van der Waals surface area contributed by atoms with E-state index in [4.69, 9.17) is 4.74 Å². The van der Waals surface area contributed by atoms with Crippen LogP contribution < -0.4 is 10.1 Å². The van der Waals surface area contributed by atoms with Crippen LogP contribution in [-0.2, 0) is 4.79 Å². The number of rotatable bonds is 5. The van der Waals surface area contributed by atoms with Crippen molar-refractivity contribution in [2.45, 2.75) is 19.8 Å². The van der Waals surface area contributed by atoms with Crippen LogP contribution in [0, 0.1) is 0 Å². The quantitative estimate of drug-likeness (QED) is 0.912. The normalized spacial score (nSPS) is 10.5. The number of carbonyl (C=O) groups is 1. The summed E-state index contributed by atoms with van der Waals surface area (Å²) in [6, 6.07) is 3.50. The summed E-state index contributed by atoms with van der Waals surface area (Å²) in [6.07, 6.45) is 3.21. The molecule has 5 nitrogen and oxygen atoms in total. The highest BCUT2D eigenvalue weighted by Gasteiger charge is 2.09. The number of amides is 1. The summed E-state index contributed by atoms with van der Waals surface area (Å²) < 4.78 is 5.30. The Hall–Kier alpha value is -1.95. The van der Waals surface area contributed by atoms with Gasteiger partial charge in [0.1, 0.15) is 5.75 Å². The van der Waals surface area contributed by atoms with Gasteiger partial charge in [0.05, 0.1) is 11.9 Å². The summed E-state index contributed by atoms with van der Waals surface area (Å²) in [7, 11) is 0. The van der Waals surface area contributed by atoms with E-state index in [0.717, 1.165) is 5.69 Å². The van der Waals surface area contributed by atoms with Crippen molar-refractivity contribution in [1.29, 1.82) is 0 Å². The maximum Gasteiger partial charge on any atom is 0.264 e. The van der Waals surface area contributed by atoms with E-state index in [2.05, 4.69) is 29.1 Å². The number of nitrogens with one attached hydrogen (secondary N) is 1. The van der Waals surface area contributed by atoms with Crippen molar-refractivity contribution < 1.29 is 9.53 Å². The fraction of sp³-hybridized carbons (Fsp3) is 0.308. The molecule has 2 heterocycles. The zero-order valence-electron chi connectivity index (χ0n) is 10.8. The number of ether oxygens (including phenoxy) is 1. The Labute approximate surface area is 115 Å². The SMILES string of the molecule is CC(C)c1csc(NC(=O)COc2cccnc2)n1. The first-order chi connectivity index (χ1) is 9.15. The standard InChI is InChI=1S/C13H15N3O2S/c1-9(2)11-8-19-13(15-11)16-12(17)7-18-10-4-3-5-14-6-10/h3-6,8-9H,7H2,1-2H3,(H,15,16,17). The number of nitrogens with zero attached hydrogens (tertiary/aromatic N) is 2. The van der Waals surface area contributed by atoms with Crippen molar-refractivity contribution in [1.82, 2.24) is 9.97 Å². The number of carbonyl (C=O) groups excluding carboxylic acids is 1. The van der Waals surface area contributed by atoms with Crippen LogP contribution in [0.3, 0.4) is 0 Å². The van der Waals surface area contributed by atoms with Crippen molar-refractivity contribution in [3.63, 3.8) is 0 Å². The van der Waals surface area contributed by atoms with Gasteiger partial charge in [-0.25, -0.2) is 4.98 Å². The van der Waals surface area contributed by atoms with Gasteiger partial charge >= 0.3 is 0 Å². The molecule has 6 heteroatoms. The van der Waals surface area contributed by atoms with Crippen LogP contribution in [0.2, 0.25) is 0 Å². The van der Waals surface area contributed by atoms with Crippen molar-refractivity contribution in [2.75, 3.05) is 11.9 Å². The molecular weight excluding hydrogens is 262 g/mol. The molecule has 0 aliphatic rings. The Balaban J connectivity index is 1.84. The molecule has 0 bridgehead atoms. The highest BCUT2D eigenvalue weighted by atomic mass is 32.1. The molecular formula is C13H15N3O2S. The lowest BCUT2D eigenvalue weighted by molar-refractivity contribution is -0.118. The van der Waals surface area contributed by atoms with Crippen LogP contribution in [0.15, 0.2) is 29.9 Å². The van der Waals surface area contributed by atoms with E-state index in [1.54, 1.807) is 24.5 Å². The molecule has 1 N–H and O–H groups in total. The lowest BCUT2D eigenvalue weighted by atomic mass is 10.2. The molecule has 0 spiro atoms. The first kappa shape index (κ1) is 13.5. The minimum Gasteiger partial charge on any atom is -0.482 e. The third-order valence-electron chi connectivity index (χ3n) is 2.36. The smallest absolute Gasteiger partial charge is 0.264 e. The van der Waals surface area contributed by atoms with E-state index >= 15 is 0 Å². The van der Waals surface area contributed by atoms with Crippen LogP contribution >= 0.6 is 11.3 Å². The predicted octanol–water partition coefficient (Wildman–Crippen LogP) is 2.68. The van der Waals surface area contributed by atoms with Crippen molar-refractivity contribution >= 4 is 22.4 Å². The molecule has 1 amide bonds. The van der Waals surface area contributed by atoms with Gasteiger partial charge in [0.15, 0.2) is 11.7 Å².